The van der Waals surface area contributed by atoms with Gasteiger partial charge in [-0.25, -0.2) is 4.98 Å². The van der Waals surface area contributed by atoms with Gasteiger partial charge in [-0.3, -0.25) is 0 Å². The van der Waals surface area contributed by atoms with Crippen LogP contribution >= 0.6 is 0 Å². The van der Waals surface area contributed by atoms with Crippen LogP contribution < -0.4 is 14.5 Å². The first-order valence-corrected chi connectivity index (χ1v) is 22.3. The fourth-order valence-electron chi connectivity index (χ4n) is 8.95. The number of hydrogen-bond donors (Lipinski definition) is 0. The zero-order chi connectivity index (χ0) is 45.4. The predicted molar refractivity (Wildman–Crippen MR) is 268 cm³/mol. The third-order valence-corrected chi connectivity index (χ3v) is 12.6. The molecule has 7 heteroatoms. The van der Waals surface area contributed by atoms with E-state index in [4.69, 9.17) is 9.72 Å². The van der Waals surface area contributed by atoms with Crippen molar-refractivity contribution in [3.63, 3.8) is 0 Å². The number of rotatable bonds is 6. The van der Waals surface area contributed by atoms with E-state index < -0.39 is 0 Å². The van der Waals surface area contributed by atoms with Gasteiger partial charge in [0.25, 0.3) is 0 Å². The molecule has 0 amide bonds. The predicted octanol–water partition coefficient (Wildman–Crippen LogP) is 15.6. The molecule has 9 aromatic rings. The molecule has 0 atom stereocenters. The molecule has 0 saturated heterocycles. The van der Waals surface area contributed by atoms with Crippen molar-refractivity contribution in [3.8, 4) is 34.5 Å². The van der Waals surface area contributed by atoms with Gasteiger partial charge in [-0.15, -0.1) is 48.1 Å². The van der Waals surface area contributed by atoms with Gasteiger partial charge in [-0.2, -0.15) is 17.4 Å². The van der Waals surface area contributed by atoms with E-state index >= 15 is 0 Å². The van der Waals surface area contributed by atoms with Gasteiger partial charge in [-0.1, -0.05) is 128 Å². The summed E-state index contributed by atoms with van der Waals surface area (Å²) in [5.41, 5.74) is 12.3. The standard InChI is InChI=1S/C59H52N5O.Pt/c1-57(2,3)40-27-28-61-55(33-40)64-52-26-23-38(36-60)29-51(52)49-25-24-46(35-54(49)64)65-45-18-13-17-43(34-45)62-37-63(44-31-41(58(4,5)6)30-42(32-44)59(7,8)9)56-50(21-14-22-53(56)62)48-20-12-16-39-15-10-11-19-47(39)48;/h10-33,37H,1-9H3;/q-3;. The minimum Gasteiger partial charge on any atom is -0.509 e. The topological polar surface area (TPSA) is 57.3 Å². The van der Waals surface area contributed by atoms with Crippen LogP contribution in [0.4, 0.5) is 22.7 Å². The molecule has 0 spiro atoms. The van der Waals surface area contributed by atoms with Crippen LogP contribution in [0.25, 0.3) is 49.5 Å². The molecule has 332 valence electrons. The van der Waals surface area contributed by atoms with Gasteiger partial charge < -0.3 is 19.1 Å². The number of nitrogens with zero attached hydrogens (tertiary/aromatic N) is 5. The second-order valence-corrected chi connectivity index (χ2v) is 20.2. The summed E-state index contributed by atoms with van der Waals surface area (Å²) < 4.78 is 8.81. The molecule has 0 unspecified atom stereocenters. The quantitative estimate of drug-likeness (QED) is 0.155. The maximum absolute atomic E-state index is 9.83. The van der Waals surface area contributed by atoms with Crippen LogP contribution in [-0.4, -0.2) is 9.55 Å². The van der Waals surface area contributed by atoms with E-state index in [2.05, 4.69) is 199 Å². The number of anilines is 4. The third kappa shape index (κ3) is 8.05. The normalized spacial score (nSPS) is 13.0. The minimum absolute atomic E-state index is 0. The summed E-state index contributed by atoms with van der Waals surface area (Å²) in [6, 6.07) is 58.4. The first-order chi connectivity index (χ1) is 31.0. The van der Waals surface area contributed by atoms with Crippen molar-refractivity contribution in [2.45, 2.75) is 78.6 Å². The van der Waals surface area contributed by atoms with E-state index in [1.54, 1.807) is 0 Å². The Labute approximate surface area is 403 Å². The average molecular weight is 1040 g/mol. The van der Waals surface area contributed by atoms with Crippen LogP contribution in [0.3, 0.4) is 0 Å². The summed E-state index contributed by atoms with van der Waals surface area (Å²) in [6.07, 6.45) is 1.86. The van der Waals surface area contributed by atoms with Crippen LogP contribution in [0.1, 0.15) is 84.6 Å². The zero-order valence-corrected chi connectivity index (χ0v) is 41.2. The molecule has 66 heavy (non-hydrogen) atoms. The van der Waals surface area contributed by atoms with Gasteiger partial charge in [0.1, 0.15) is 5.82 Å². The van der Waals surface area contributed by atoms with Crippen LogP contribution in [0.15, 0.2) is 146 Å². The molecule has 10 rings (SSSR count). The van der Waals surface area contributed by atoms with E-state index in [0.717, 1.165) is 55.9 Å². The second-order valence-electron chi connectivity index (χ2n) is 20.2. The van der Waals surface area contributed by atoms with Crippen LogP contribution in [-0.2, 0) is 37.3 Å². The molecular weight excluding hydrogens is 990 g/mol. The van der Waals surface area contributed by atoms with Crippen molar-refractivity contribution >= 4 is 55.3 Å². The van der Waals surface area contributed by atoms with Crippen molar-refractivity contribution in [2.75, 3.05) is 9.80 Å². The third-order valence-electron chi connectivity index (χ3n) is 12.6. The van der Waals surface area contributed by atoms with Gasteiger partial charge in [0, 0.05) is 66.9 Å². The largest absolute Gasteiger partial charge is 0.509 e. The summed E-state index contributed by atoms with van der Waals surface area (Å²) in [6.45, 7) is 22.5. The molecule has 6 nitrogen and oxygen atoms in total. The summed E-state index contributed by atoms with van der Waals surface area (Å²) in [7, 11) is 0. The number of aromatic nitrogens is 2. The molecule has 0 N–H and O–H groups in total. The molecule has 1 aliphatic heterocycles. The second kappa shape index (κ2) is 16.6. The first-order valence-electron chi connectivity index (χ1n) is 22.3. The van der Waals surface area contributed by atoms with Crippen LogP contribution in [0.2, 0.25) is 0 Å². The summed E-state index contributed by atoms with van der Waals surface area (Å²) in [5, 5.41) is 14.2. The van der Waals surface area contributed by atoms with Gasteiger partial charge in [-0.05, 0) is 103 Å². The SMILES string of the molecule is CC(C)(C)c1cc(N2[CH-]N(c3[c-]c(Oc4[c-]c5c(cc4)c4cc(C#N)ccc4n5-c4cc(C(C)(C)C)ccn4)ccc3)c3cccc(-c4cccc5ccccc45)c32)cc(C(C)(C)C)c1.[Pt]. The number of pyridine rings is 1. The average Bonchev–Trinajstić information content (AvgIpc) is 3.84. The van der Waals surface area contributed by atoms with E-state index in [0.29, 0.717) is 17.1 Å². The maximum atomic E-state index is 9.83. The Kier molecular flexibility index (Phi) is 11.2. The van der Waals surface area contributed by atoms with E-state index in [1.165, 1.54) is 33.0 Å². The van der Waals surface area contributed by atoms with E-state index in [-0.39, 0.29) is 37.3 Å². The Morgan fingerprint density at radius 3 is 2.02 bits per heavy atom. The molecular formula is C59H52N5OPt-3. The summed E-state index contributed by atoms with van der Waals surface area (Å²) in [4.78, 5) is 9.43. The Bertz CT molecular complexity index is 3340. The molecule has 0 bridgehead atoms. The number of nitriles is 1. The Hall–Kier alpha value is -6.67. The maximum Gasteiger partial charge on any atom is 0.135 e. The summed E-state index contributed by atoms with van der Waals surface area (Å²) in [5.74, 6) is 1.88. The fraction of sp³-hybridized carbons (Fsp3) is 0.203. The van der Waals surface area contributed by atoms with Crippen molar-refractivity contribution in [2.24, 2.45) is 0 Å². The van der Waals surface area contributed by atoms with E-state index in [1.807, 2.05) is 48.7 Å². The zero-order valence-electron chi connectivity index (χ0n) is 38.9. The van der Waals surface area contributed by atoms with Crippen molar-refractivity contribution < 1.29 is 25.8 Å². The Morgan fingerprint density at radius 2 is 1.27 bits per heavy atom. The smallest absolute Gasteiger partial charge is 0.135 e. The fourth-order valence-corrected chi connectivity index (χ4v) is 8.95. The van der Waals surface area contributed by atoms with Crippen molar-refractivity contribution in [1.29, 1.82) is 5.26 Å². The Balaban J connectivity index is 0.00000548. The van der Waals surface area contributed by atoms with Gasteiger partial charge in [0.15, 0.2) is 0 Å². The molecule has 3 heterocycles. The monoisotopic (exact) mass is 1040 g/mol. The molecule has 0 fully saturated rings. The molecule has 7 aromatic carbocycles. The van der Waals surface area contributed by atoms with Gasteiger partial charge in [0.05, 0.1) is 11.6 Å². The van der Waals surface area contributed by atoms with Crippen LogP contribution in [0.5, 0.6) is 11.5 Å². The van der Waals surface area contributed by atoms with Crippen molar-refractivity contribution in [3.05, 3.63) is 187 Å². The summed E-state index contributed by atoms with van der Waals surface area (Å²) >= 11 is 0. The number of fused-ring (bicyclic) bond motifs is 5. The van der Waals surface area contributed by atoms with E-state index in [9.17, 15) is 5.26 Å². The molecule has 0 aliphatic carbocycles. The van der Waals surface area contributed by atoms with Gasteiger partial charge in [0.2, 0.25) is 0 Å². The Morgan fingerprint density at radius 1 is 0.591 bits per heavy atom. The molecule has 1 aliphatic rings. The number of para-hydroxylation sites is 1. The van der Waals surface area contributed by atoms with Crippen LogP contribution in [0, 0.1) is 30.1 Å². The number of benzene rings is 7. The first kappa shape index (κ1) is 44.5. The molecule has 0 saturated carbocycles. The number of ether oxygens (including phenoxy) is 1. The number of hydrogen-bond acceptors (Lipinski definition) is 5. The van der Waals surface area contributed by atoms with Crippen molar-refractivity contribution in [1.82, 2.24) is 9.55 Å². The molecule has 0 radical (unpaired) electrons. The van der Waals surface area contributed by atoms with Gasteiger partial charge >= 0.3 is 0 Å². The minimum atomic E-state index is -0.0725. The molecule has 2 aromatic heterocycles.